The summed E-state index contributed by atoms with van der Waals surface area (Å²) in [6.07, 6.45) is 1.99. The third-order valence-electron chi connectivity index (χ3n) is 1.87. The van der Waals surface area contributed by atoms with Crippen molar-refractivity contribution in [1.29, 1.82) is 0 Å². The largest absolute Gasteiger partial charge is 0.348 e. The highest BCUT2D eigenvalue weighted by atomic mass is 16.1. The number of carbonyl (C=O) groups excluding carboxylic acids is 1. The van der Waals surface area contributed by atoms with Gasteiger partial charge in [-0.15, -0.1) is 0 Å². The highest BCUT2D eigenvalue weighted by molar-refractivity contribution is 5.94. The molecule has 0 bridgehead atoms. The van der Waals surface area contributed by atoms with Crippen molar-refractivity contribution >= 4 is 5.91 Å². The highest BCUT2D eigenvalue weighted by Gasteiger charge is 2.20. The molecule has 1 aliphatic heterocycles. The SMILES string of the molecule is CN1CC=C(C(=O)NC(C)(C)C)C1. The molecule has 0 spiro atoms. The van der Waals surface area contributed by atoms with E-state index in [9.17, 15) is 4.79 Å². The van der Waals surface area contributed by atoms with Gasteiger partial charge in [0.15, 0.2) is 0 Å². The Morgan fingerprint density at radius 2 is 2.15 bits per heavy atom. The zero-order valence-electron chi connectivity index (χ0n) is 8.85. The number of nitrogens with zero attached hydrogens (tertiary/aromatic N) is 1. The molecule has 0 saturated heterocycles. The first-order chi connectivity index (χ1) is 5.88. The van der Waals surface area contributed by atoms with Crippen LogP contribution in [0.15, 0.2) is 11.6 Å². The van der Waals surface area contributed by atoms with Crippen LogP contribution in [0.5, 0.6) is 0 Å². The van der Waals surface area contributed by atoms with Crippen molar-refractivity contribution < 1.29 is 4.79 Å². The summed E-state index contributed by atoms with van der Waals surface area (Å²) in [4.78, 5) is 13.7. The second-order valence-corrected chi connectivity index (χ2v) is 4.63. The third kappa shape index (κ3) is 3.19. The molecule has 0 aromatic carbocycles. The molecule has 0 atom stereocenters. The molecule has 0 saturated carbocycles. The summed E-state index contributed by atoms with van der Waals surface area (Å²) in [6, 6.07) is 0. The van der Waals surface area contributed by atoms with Gasteiger partial charge in [0.25, 0.3) is 0 Å². The summed E-state index contributed by atoms with van der Waals surface area (Å²) in [5.74, 6) is 0.0665. The number of nitrogens with one attached hydrogen (secondary N) is 1. The van der Waals surface area contributed by atoms with E-state index in [1.807, 2.05) is 33.9 Å². The summed E-state index contributed by atoms with van der Waals surface area (Å²) < 4.78 is 0. The number of carbonyl (C=O) groups is 1. The van der Waals surface area contributed by atoms with Gasteiger partial charge in [0.05, 0.1) is 0 Å². The molecule has 1 aliphatic rings. The molecule has 1 amide bonds. The van der Waals surface area contributed by atoms with E-state index in [4.69, 9.17) is 0 Å². The molecule has 3 nitrogen and oxygen atoms in total. The molecular weight excluding hydrogens is 164 g/mol. The van der Waals surface area contributed by atoms with Crippen molar-refractivity contribution in [2.45, 2.75) is 26.3 Å². The van der Waals surface area contributed by atoms with Gasteiger partial charge in [0.2, 0.25) is 5.91 Å². The summed E-state index contributed by atoms with van der Waals surface area (Å²) in [5, 5.41) is 2.95. The quantitative estimate of drug-likeness (QED) is 0.649. The maximum atomic E-state index is 11.6. The van der Waals surface area contributed by atoms with Crippen LogP contribution in [-0.4, -0.2) is 36.5 Å². The Morgan fingerprint density at radius 1 is 1.54 bits per heavy atom. The fourth-order valence-corrected chi connectivity index (χ4v) is 1.27. The minimum absolute atomic E-state index is 0.0665. The first-order valence-corrected chi connectivity index (χ1v) is 4.58. The minimum atomic E-state index is -0.140. The van der Waals surface area contributed by atoms with Crippen LogP contribution in [0, 0.1) is 0 Å². The van der Waals surface area contributed by atoms with Crippen LogP contribution in [0.2, 0.25) is 0 Å². The lowest BCUT2D eigenvalue weighted by molar-refractivity contribution is -0.118. The van der Waals surface area contributed by atoms with E-state index in [-0.39, 0.29) is 11.4 Å². The van der Waals surface area contributed by atoms with Crippen molar-refractivity contribution in [3.05, 3.63) is 11.6 Å². The van der Waals surface area contributed by atoms with Gasteiger partial charge >= 0.3 is 0 Å². The van der Waals surface area contributed by atoms with Gasteiger partial charge in [-0.25, -0.2) is 0 Å². The van der Waals surface area contributed by atoms with Gasteiger partial charge in [-0.2, -0.15) is 0 Å². The molecule has 1 rings (SSSR count). The lowest BCUT2D eigenvalue weighted by Gasteiger charge is -2.21. The van der Waals surface area contributed by atoms with Crippen LogP contribution >= 0.6 is 0 Å². The molecular formula is C10H18N2O. The molecule has 0 aliphatic carbocycles. The Balaban J connectivity index is 2.50. The predicted octanol–water partition coefficient (Wildman–Crippen LogP) is 0.773. The molecule has 3 heteroatoms. The zero-order valence-corrected chi connectivity index (χ0v) is 8.85. The maximum Gasteiger partial charge on any atom is 0.248 e. The number of hydrogen-bond donors (Lipinski definition) is 1. The molecule has 0 unspecified atom stereocenters. The number of amides is 1. The zero-order chi connectivity index (χ0) is 10.1. The normalized spacial score (nSPS) is 18.6. The molecule has 74 valence electrons. The Hall–Kier alpha value is -0.830. The lowest BCUT2D eigenvalue weighted by atomic mass is 10.1. The smallest absolute Gasteiger partial charge is 0.248 e. The van der Waals surface area contributed by atoms with Gasteiger partial charge in [0, 0.05) is 24.2 Å². The average Bonchev–Trinajstić information content (AvgIpc) is 2.31. The van der Waals surface area contributed by atoms with E-state index >= 15 is 0 Å². The molecule has 1 N–H and O–H groups in total. The monoisotopic (exact) mass is 182 g/mol. The second-order valence-electron chi connectivity index (χ2n) is 4.63. The van der Waals surface area contributed by atoms with E-state index in [2.05, 4.69) is 10.2 Å². The number of likely N-dealkylation sites (N-methyl/N-ethyl adjacent to an activating group) is 1. The van der Waals surface area contributed by atoms with Crippen LogP contribution in [0.1, 0.15) is 20.8 Å². The van der Waals surface area contributed by atoms with Crippen LogP contribution < -0.4 is 5.32 Å². The second kappa shape index (κ2) is 3.50. The topological polar surface area (TPSA) is 32.3 Å². The van der Waals surface area contributed by atoms with Crippen molar-refractivity contribution in [3.8, 4) is 0 Å². The minimum Gasteiger partial charge on any atom is -0.348 e. The third-order valence-corrected chi connectivity index (χ3v) is 1.87. The van der Waals surface area contributed by atoms with E-state index < -0.39 is 0 Å². The summed E-state index contributed by atoms with van der Waals surface area (Å²) in [5.41, 5.74) is 0.747. The first kappa shape index (κ1) is 10.3. The Bertz CT molecular complexity index is 238. The molecule has 13 heavy (non-hydrogen) atoms. The molecule has 0 aromatic heterocycles. The van der Waals surface area contributed by atoms with Gasteiger partial charge < -0.3 is 5.32 Å². The summed E-state index contributed by atoms with van der Waals surface area (Å²) in [7, 11) is 2.01. The van der Waals surface area contributed by atoms with Gasteiger partial charge in [-0.1, -0.05) is 6.08 Å². The van der Waals surface area contributed by atoms with Crippen LogP contribution in [0.25, 0.3) is 0 Å². The van der Waals surface area contributed by atoms with Gasteiger partial charge in [0.1, 0.15) is 0 Å². The highest BCUT2D eigenvalue weighted by Crippen LogP contribution is 2.08. The first-order valence-electron chi connectivity index (χ1n) is 4.58. The Kier molecular flexibility index (Phi) is 2.76. The van der Waals surface area contributed by atoms with E-state index in [1.165, 1.54) is 0 Å². The maximum absolute atomic E-state index is 11.6. The van der Waals surface area contributed by atoms with E-state index in [1.54, 1.807) is 0 Å². The molecule has 0 radical (unpaired) electrons. The Labute approximate surface area is 79.8 Å². The van der Waals surface area contributed by atoms with Crippen LogP contribution in [0.4, 0.5) is 0 Å². The van der Waals surface area contributed by atoms with Crippen LogP contribution in [0.3, 0.4) is 0 Å². The molecule has 0 fully saturated rings. The van der Waals surface area contributed by atoms with Crippen molar-refractivity contribution in [2.75, 3.05) is 20.1 Å². The Morgan fingerprint density at radius 3 is 2.54 bits per heavy atom. The predicted molar refractivity (Wildman–Crippen MR) is 53.5 cm³/mol. The average molecular weight is 182 g/mol. The molecule has 0 aromatic rings. The van der Waals surface area contributed by atoms with Crippen molar-refractivity contribution in [1.82, 2.24) is 10.2 Å². The summed E-state index contributed by atoms with van der Waals surface area (Å²) in [6.45, 7) is 7.62. The van der Waals surface area contributed by atoms with Crippen LogP contribution in [-0.2, 0) is 4.79 Å². The number of hydrogen-bond acceptors (Lipinski definition) is 2. The van der Waals surface area contributed by atoms with Crippen molar-refractivity contribution in [2.24, 2.45) is 0 Å². The summed E-state index contributed by atoms with van der Waals surface area (Å²) >= 11 is 0. The van der Waals surface area contributed by atoms with Gasteiger partial charge in [-0.3, -0.25) is 9.69 Å². The van der Waals surface area contributed by atoms with E-state index in [0.29, 0.717) is 0 Å². The number of rotatable bonds is 1. The lowest BCUT2D eigenvalue weighted by Crippen LogP contribution is -2.41. The van der Waals surface area contributed by atoms with Gasteiger partial charge in [-0.05, 0) is 27.8 Å². The van der Waals surface area contributed by atoms with E-state index in [0.717, 1.165) is 18.7 Å². The standard InChI is InChI=1S/C10H18N2O/c1-10(2,3)11-9(13)8-5-6-12(4)7-8/h5H,6-7H2,1-4H3,(H,11,13). The fraction of sp³-hybridized carbons (Fsp3) is 0.700. The van der Waals surface area contributed by atoms with Crippen molar-refractivity contribution in [3.63, 3.8) is 0 Å². The molecule has 1 heterocycles. The fourth-order valence-electron chi connectivity index (χ4n) is 1.27.